The highest BCUT2D eigenvalue weighted by atomic mass is 32.2. The fraction of sp³-hybridized carbons (Fsp3) is 0.429. The minimum atomic E-state index is -0.898. The fourth-order valence-electron chi connectivity index (χ4n) is 3.89. The van der Waals surface area contributed by atoms with Crippen LogP contribution >= 0.6 is 11.8 Å². The first-order chi connectivity index (χ1) is 15.5. The molecule has 2 aliphatic rings. The lowest BCUT2D eigenvalue weighted by Gasteiger charge is -2.37. The van der Waals surface area contributed by atoms with E-state index in [1.165, 1.54) is 11.8 Å². The van der Waals surface area contributed by atoms with Gasteiger partial charge in [-0.1, -0.05) is 12.1 Å². The van der Waals surface area contributed by atoms with Crippen molar-refractivity contribution in [3.8, 4) is 5.75 Å². The Kier molecular flexibility index (Phi) is 6.66. The molecule has 2 aromatic rings. The van der Waals surface area contributed by atoms with Crippen molar-refractivity contribution < 1.29 is 14.3 Å². The lowest BCUT2D eigenvalue weighted by atomic mass is 10.0. The van der Waals surface area contributed by atoms with Crippen LogP contribution < -0.4 is 20.8 Å². The Bertz CT molecular complexity index is 977. The smallest absolute Gasteiger partial charge is 0.271 e. The summed E-state index contributed by atoms with van der Waals surface area (Å²) in [6, 6.07) is 11.5. The van der Waals surface area contributed by atoms with Crippen molar-refractivity contribution >= 4 is 28.7 Å². The van der Waals surface area contributed by atoms with Gasteiger partial charge in [0.1, 0.15) is 5.75 Å². The summed E-state index contributed by atoms with van der Waals surface area (Å²) in [5.41, 5.74) is 10.0. The van der Waals surface area contributed by atoms with Crippen molar-refractivity contribution in [3.05, 3.63) is 48.2 Å². The number of rotatable bonds is 8. The average molecular weight is 458 g/mol. The van der Waals surface area contributed by atoms with Gasteiger partial charge in [0, 0.05) is 25.3 Å². The minimum absolute atomic E-state index is 0.0402. The van der Waals surface area contributed by atoms with Gasteiger partial charge in [0.05, 0.1) is 20.1 Å². The number of hydrazone groups is 1. The number of methoxy groups -OCH3 is 1. The van der Waals surface area contributed by atoms with Crippen LogP contribution in [0.1, 0.15) is 25.3 Å². The molecule has 2 atom stereocenters. The maximum atomic E-state index is 12.2. The molecule has 0 aliphatic carbocycles. The van der Waals surface area contributed by atoms with E-state index in [0.29, 0.717) is 17.6 Å². The third-order valence-electron chi connectivity index (χ3n) is 5.36. The van der Waals surface area contributed by atoms with E-state index in [1.54, 1.807) is 18.4 Å². The van der Waals surface area contributed by atoms with E-state index in [9.17, 15) is 4.79 Å². The van der Waals surface area contributed by atoms with Gasteiger partial charge >= 0.3 is 0 Å². The number of amides is 1. The summed E-state index contributed by atoms with van der Waals surface area (Å²) in [5, 5.41) is 15.0. The third-order valence-corrected chi connectivity index (χ3v) is 6.62. The third kappa shape index (κ3) is 4.58. The highest BCUT2D eigenvalue weighted by Gasteiger charge is 2.49. The van der Waals surface area contributed by atoms with Crippen LogP contribution in [0.15, 0.2) is 47.7 Å². The van der Waals surface area contributed by atoms with E-state index < -0.39 is 10.8 Å². The fourth-order valence-corrected chi connectivity index (χ4v) is 5.12. The Morgan fingerprint density at radius 2 is 2.25 bits per heavy atom. The second-order valence-electron chi connectivity index (χ2n) is 7.51. The van der Waals surface area contributed by atoms with Gasteiger partial charge in [0.2, 0.25) is 5.91 Å². The van der Waals surface area contributed by atoms with Crippen molar-refractivity contribution in [1.29, 1.82) is 0 Å². The van der Waals surface area contributed by atoms with Crippen LogP contribution in [0.2, 0.25) is 0 Å². The normalized spacial score (nSPS) is 22.7. The van der Waals surface area contributed by atoms with Crippen LogP contribution in [-0.2, 0) is 14.4 Å². The zero-order chi connectivity index (χ0) is 22.6. The number of nitrogens with zero attached hydrogens (tertiary/aromatic N) is 5. The van der Waals surface area contributed by atoms with E-state index in [4.69, 9.17) is 15.2 Å². The molecular formula is C21H27N7O3S. The number of hydrogen-bond donors (Lipinski definition) is 2. The Labute approximate surface area is 191 Å². The molecule has 1 unspecified atom stereocenters. The molecule has 1 fully saturated rings. The van der Waals surface area contributed by atoms with Crippen molar-refractivity contribution in [3.63, 3.8) is 0 Å². The molecule has 170 valence electrons. The lowest BCUT2D eigenvalue weighted by molar-refractivity contribution is -0.120. The summed E-state index contributed by atoms with van der Waals surface area (Å²) in [7, 11) is 1.61. The van der Waals surface area contributed by atoms with Gasteiger partial charge in [-0.05, 0) is 54.9 Å². The number of nitrogens with one attached hydrogen (secondary N) is 1. The summed E-state index contributed by atoms with van der Waals surface area (Å²) in [6.45, 7) is 3.93. The predicted molar refractivity (Wildman–Crippen MR) is 123 cm³/mol. The number of carbonyl (C=O) groups excluding carboxylic acids is 1. The number of carbonyl (C=O) groups is 1. The molecule has 10 nitrogen and oxygen atoms in total. The second kappa shape index (κ2) is 9.61. The van der Waals surface area contributed by atoms with Crippen LogP contribution in [0.5, 0.6) is 5.75 Å². The number of nitrogens with two attached hydrogens (primary N) is 1. The molecule has 0 saturated carbocycles. The maximum absolute atomic E-state index is 12.2. The topological polar surface area (TPSA) is 118 Å². The van der Waals surface area contributed by atoms with Gasteiger partial charge in [0.25, 0.3) is 5.23 Å². The minimum Gasteiger partial charge on any atom is -0.497 e. The van der Waals surface area contributed by atoms with E-state index in [2.05, 4.69) is 25.6 Å². The van der Waals surface area contributed by atoms with E-state index >= 15 is 0 Å². The highest BCUT2D eigenvalue weighted by Crippen LogP contribution is 2.48. The molecule has 1 aromatic carbocycles. The van der Waals surface area contributed by atoms with Crippen molar-refractivity contribution in [1.82, 2.24) is 20.7 Å². The summed E-state index contributed by atoms with van der Waals surface area (Å²) >= 11 is 1.37. The first-order valence-corrected chi connectivity index (χ1v) is 11.3. The largest absolute Gasteiger partial charge is 0.497 e. The predicted octanol–water partition coefficient (Wildman–Crippen LogP) is 1.65. The Morgan fingerprint density at radius 1 is 1.38 bits per heavy atom. The van der Waals surface area contributed by atoms with Crippen LogP contribution in [0.3, 0.4) is 0 Å². The molecule has 1 aromatic heterocycles. The monoisotopic (exact) mass is 457 g/mol. The number of anilines is 1. The quantitative estimate of drug-likeness (QED) is 0.610. The van der Waals surface area contributed by atoms with Gasteiger partial charge in [0.15, 0.2) is 10.7 Å². The number of ether oxygens (including phenoxy) is 2. The van der Waals surface area contributed by atoms with Crippen LogP contribution in [-0.4, -0.2) is 59.3 Å². The van der Waals surface area contributed by atoms with E-state index in [0.717, 1.165) is 30.9 Å². The molecule has 3 heterocycles. The standard InChI is InChI=1S/C21H27N7O3S/c1-3-31-20-26-28(25-16-9-11-27(14-16)19-8-5-10-23-24-19)21(32-20,13-18(22)29)15-6-4-7-17(12-15)30-2/h4-8,10,12,16,25H,3,9,11,13-14H2,1-2H3,(H2,22,29)/t16-,21?/m1/s1. The van der Waals surface area contributed by atoms with Crippen LogP contribution in [0.4, 0.5) is 5.82 Å². The van der Waals surface area contributed by atoms with Gasteiger partial charge in [-0.25, -0.2) is 10.5 Å². The summed E-state index contributed by atoms with van der Waals surface area (Å²) < 4.78 is 11.1. The summed E-state index contributed by atoms with van der Waals surface area (Å²) in [4.78, 5) is 13.5. The van der Waals surface area contributed by atoms with Crippen molar-refractivity contribution in [2.45, 2.75) is 30.7 Å². The zero-order valence-corrected chi connectivity index (χ0v) is 18.9. The summed E-state index contributed by atoms with van der Waals surface area (Å²) in [5.74, 6) is 1.08. The number of hydrazine groups is 1. The van der Waals surface area contributed by atoms with Crippen LogP contribution in [0.25, 0.3) is 0 Å². The molecule has 0 bridgehead atoms. The first kappa shape index (κ1) is 22.2. The Morgan fingerprint density at radius 3 is 2.97 bits per heavy atom. The van der Waals surface area contributed by atoms with E-state index in [-0.39, 0.29) is 12.5 Å². The number of aromatic nitrogens is 2. The molecule has 32 heavy (non-hydrogen) atoms. The van der Waals surface area contributed by atoms with Gasteiger partial charge in [-0.3, -0.25) is 4.79 Å². The van der Waals surface area contributed by atoms with Gasteiger partial charge in [-0.15, -0.1) is 10.2 Å². The summed E-state index contributed by atoms with van der Waals surface area (Å²) in [6.07, 6.45) is 2.58. The molecule has 2 aliphatic heterocycles. The molecule has 0 spiro atoms. The zero-order valence-electron chi connectivity index (χ0n) is 18.1. The number of benzene rings is 1. The number of primary amides is 1. The molecule has 1 amide bonds. The van der Waals surface area contributed by atoms with Gasteiger partial charge < -0.3 is 20.1 Å². The van der Waals surface area contributed by atoms with Crippen molar-refractivity contribution in [2.24, 2.45) is 10.8 Å². The lowest BCUT2D eigenvalue weighted by Crippen LogP contribution is -2.52. The second-order valence-corrected chi connectivity index (χ2v) is 8.74. The first-order valence-electron chi connectivity index (χ1n) is 10.5. The van der Waals surface area contributed by atoms with Gasteiger partial charge in [-0.2, -0.15) is 5.10 Å². The molecular weight excluding hydrogens is 430 g/mol. The highest BCUT2D eigenvalue weighted by molar-refractivity contribution is 8.14. The average Bonchev–Trinajstić information content (AvgIpc) is 3.40. The molecule has 1 saturated heterocycles. The Hall–Kier alpha value is -3.05. The molecule has 3 N–H and O–H groups in total. The van der Waals surface area contributed by atoms with E-state index in [1.807, 2.05) is 43.3 Å². The Balaban J connectivity index is 1.62. The molecule has 11 heteroatoms. The number of hydrogen-bond acceptors (Lipinski definition) is 10. The SMILES string of the molecule is CCOC1=NN(N[C@@H]2CCN(c3cccnn3)C2)C(CC(N)=O)(c2cccc(OC)c2)S1. The molecule has 0 radical (unpaired) electrons. The maximum Gasteiger partial charge on any atom is 0.271 e. The van der Waals surface area contributed by atoms with Crippen LogP contribution in [0, 0.1) is 0 Å². The molecule has 4 rings (SSSR count). The number of thioether (sulfide) groups is 1. The van der Waals surface area contributed by atoms with Crippen molar-refractivity contribution in [2.75, 3.05) is 31.7 Å².